The van der Waals surface area contributed by atoms with E-state index < -0.39 is 0 Å². The molecule has 3 rings (SSSR count). The van der Waals surface area contributed by atoms with Gasteiger partial charge in [0.05, 0.1) is 0 Å². The molecular weight excluding hydrogens is 262 g/mol. The van der Waals surface area contributed by atoms with Crippen molar-refractivity contribution in [1.82, 2.24) is 4.98 Å². The van der Waals surface area contributed by atoms with Crippen molar-refractivity contribution in [2.75, 3.05) is 0 Å². The van der Waals surface area contributed by atoms with E-state index in [4.69, 9.17) is 4.74 Å². The third-order valence-corrected chi connectivity index (χ3v) is 3.25. The Hall–Kier alpha value is -2.81. The lowest BCUT2D eigenvalue weighted by molar-refractivity contribution is 0.0466. The second kappa shape index (κ2) is 6.09. The molecule has 21 heavy (non-hydrogen) atoms. The number of benzene rings is 2. The third-order valence-electron chi connectivity index (χ3n) is 3.25. The van der Waals surface area contributed by atoms with Crippen LogP contribution in [0.4, 0.5) is 0 Å². The van der Waals surface area contributed by atoms with Gasteiger partial charge in [-0.3, -0.25) is 0 Å². The number of hydrogen-bond donors (Lipinski definition) is 1. The molecule has 0 unspecified atom stereocenters. The Kier molecular flexibility index (Phi) is 3.83. The summed E-state index contributed by atoms with van der Waals surface area (Å²) in [6.07, 6.45) is 1.70. The Labute approximate surface area is 123 Å². The van der Waals surface area contributed by atoms with Crippen molar-refractivity contribution >= 4 is 5.97 Å². The number of nitrogens with one attached hydrogen (secondary N) is 1. The second-order valence-corrected chi connectivity index (χ2v) is 4.72. The lowest BCUT2D eigenvalue weighted by Gasteiger charge is -2.06. The lowest BCUT2D eigenvalue weighted by Crippen LogP contribution is -2.05. The van der Waals surface area contributed by atoms with E-state index in [9.17, 15) is 4.79 Å². The zero-order valence-corrected chi connectivity index (χ0v) is 11.5. The number of carbonyl (C=O) groups excluding carboxylic acids is 1. The molecule has 0 atom stereocenters. The van der Waals surface area contributed by atoms with Crippen molar-refractivity contribution in [1.29, 1.82) is 0 Å². The van der Waals surface area contributed by atoms with Crippen LogP contribution in [-0.4, -0.2) is 11.0 Å². The first kappa shape index (κ1) is 13.2. The van der Waals surface area contributed by atoms with Crippen molar-refractivity contribution < 1.29 is 9.53 Å². The maximum atomic E-state index is 11.7. The maximum Gasteiger partial charge on any atom is 0.355 e. The van der Waals surface area contributed by atoms with E-state index in [1.807, 2.05) is 42.5 Å². The topological polar surface area (TPSA) is 42.1 Å². The summed E-state index contributed by atoms with van der Waals surface area (Å²) < 4.78 is 5.25. The number of esters is 1. The first-order chi connectivity index (χ1) is 10.3. The number of carbonyl (C=O) groups is 1. The van der Waals surface area contributed by atoms with Crippen LogP contribution in [0.15, 0.2) is 72.9 Å². The van der Waals surface area contributed by atoms with Gasteiger partial charge in [0.1, 0.15) is 12.3 Å². The monoisotopic (exact) mass is 277 g/mol. The number of hydrogen-bond acceptors (Lipinski definition) is 2. The maximum absolute atomic E-state index is 11.7. The van der Waals surface area contributed by atoms with Crippen LogP contribution in [-0.2, 0) is 11.3 Å². The van der Waals surface area contributed by atoms with Crippen LogP contribution >= 0.6 is 0 Å². The summed E-state index contributed by atoms with van der Waals surface area (Å²) in [5.74, 6) is -0.341. The van der Waals surface area contributed by atoms with E-state index in [1.54, 1.807) is 18.3 Å². The van der Waals surface area contributed by atoms with Crippen LogP contribution in [0.5, 0.6) is 0 Å². The molecule has 0 spiro atoms. The standard InChI is InChI=1S/C18H15NO2/c20-18(17-7-4-12-19-17)21-13-14-8-10-16(11-9-14)15-5-2-1-3-6-15/h1-12,19H,13H2. The van der Waals surface area contributed by atoms with E-state index in [1.165, 1.54) is 5.56 Å². The molecule has 3 aromatic rings. The summed E-state index contributed by atoms with van der Waals surface area (Å²) in [6.45, 7) is 0.271. The Morgan fingerprint density at radius 3 is 2.24 bits per heavy atom. The number of rotatable bonds is 4. The van der Waals surface area contributed by atoms with Crippen LogP contribution in [0, 0.1) is 0 Å². The number of aromatic amines is 1. The third kappa shape index (κ3) is 3.20. The van der Waals surface area contributed by atoms with Crippen molar-refractivity contribution in [3.63, 3.8) is 0 Å². The summed E-state index contributed by atoms with van der Waals surface area (Å²) >= 11 is 0. The first-order valence-electron chi connectivity index (χ1n) is 6.78. The van der Waals surface area contributed by atoms with Crippen molar-refractivity contribution in [2.45, 2.75) is 6.61 Å². The second-order valence-electron chi connectivity index (χ2n) is 4.72. The number of aromatic nitrogens is 1. The quantitative estimate of drug-likeness (QED) is 0.731. The molecule has 3 heteroatoms. The fraction of sp³-hybridized carbons (Fsp3) is 0.0556. The Morgan fingerprint density at radius 1 is 0.857 bits per heavy atom. The summed E-state index contributed by atoms with van der Waals surface area (Å²) in [4.78, 5) is 14.5. The van der Waals surface area contributed by atoms with Gasteiger partial charge < -0.3 is 9.72 Å². The minimum absolute atomic E-state index is 0.271. The normalized spacial score (nSPS) is 10.3. The molecule has 0 amide bonds. The van der Waals surface area contributed by atoms with Gasteiger partial charge in [-0.1, -0.05) is 54.6 Å². The largest absolute Gasteiger partial charge is 0.456 e. The molecule has 0 fully saturated rings. The Morgan fingerprint density at radius 2 is 1.57 bits per heavy atom. The highest BCUT2D eigenvalue weighted by molar-refractivity contribution is 5.87. The van der Waals surface area contributed by atoms with Gasteiger partial charge in [-0.2, -0.15) is 0 Å². The van der Waals surface area contributed by atoms with Gasteiger partial charge in [0.2, 0.25) is 0 Å². The fourth-order valence-corrected chi connectivity index (χ4v) is 2.11. The molecule has 1 heterocycles. The van der Waals surface area contributed by atoms with Crippen molar-refractivity contribution in [2.24, 2.45) is 0 Å². The molecule has 1 aromatic heterocycles. The molecule has 2 aromatic carbocycles. The van der Waals surface area contributed by atoms with E-state index >= 15 is 0 Å². The van der Waals surface area contributed by atoms with Gasteiger partial charge in [-0.15, -0.1) is 0 Å². The summed E-state index contributed by atoms with van der Waals surface area (Å²) in [5.41, 5.74) is 3.76. The predicted octanol–water partition coefficient (Wildman–Crippen LogP) is 4.04. The van der Waals surface area contributed by atoms with Crippen LogP contribution in [0.2, 0.25) is 0 Å². The molecule has 0 aliphatic heterocycles. The molecule has 3 nitrogen and oxygen atoms in total. The molecule has 0 aliphatic rings. The van der Waals surface area contributed by atoms with Gasteiger partial charge in [0.15, 0.2) is 0 Å². The predicted molar refractivity (Wildman–Crippen MR) is 81.8 cm³/mol. The van der Waals surface area contributed by atoms with E-state index in [2.05, 4.69) is 17.1 Å². The summed E-state index contributed by atoms with van der Waals surface area (Å²) in [7, 11) is 0. The Bertz CT molecular complexity index is 701. The fourth-order valence-electron chi connectivity index (χ4n) is 2.11. The lowest BCUT2D eigenvalue weighted by atomic mass is 10.0. The highest BCUT2D eigenvalue weighted by atomic mass is 16.5. The van der Waals surface area contributed by atoms with Crippen LogP contribution in [0.25, 0.3) is 11.1 Å². The Balaban J connectivity index is 1.64. The molecular formula is C18H15NO2. The van der Waals surface area contributed by atoms with Crippen LogP contribution in [0.1, 0.15) is 16.1 Å². The zero-order chi connectivity index (χ0) is 14.5. The minimum atomic E-state index is -0.341. The SMILES string of the molecule is O=C(OCc1ccc(-c2ccccc2)cc1)c1ccc[nH]1. The van der Waals surface area contributed by atoms with E-state index in [0.717, 1.165) is 11.1 Å². The highest BCUT2D eigenvalue weighted by Crippen LogP contribution is 2.19. The molecule has 0 saturated carbocycles. The van der Waals surface area contributed by atoms with Crippen molar-refractivity contribution in [3.05, 3.63) is 84.2 Å². The van der Waals surface area contributed by atoms with E-state index in [-0.39, 0.29) is 12.6 Å². The number of ether oxygens (including phenoxy) is 1. The molecule has 0 saturated heterocycles. The molecule has 0 aliphatic carbocycles. The van der Waals surface area contributed by atoms with Gasteiger partial charge in [0.25, 0.3) is 0 Å². The average Bonchev–Trinajstić information content (AvgIpc) is 3.08. The molecule has 1 N–H and O–H groups in total. The summed E-state index contributed by atoms with van der Waals surface area (Å²) in [6, 6.07) is 21.7. The minimum Gasteiger partial charge on any atom is -0.456 e. The first-order valence-corrected chi connectivity index (χ1v) is 6.78. The highest BCUT2D eigenvalue weighted by Gasteiger charge is 2.07. The van der Waals surface area contributed by atoms with Crippen LogP contribution < -0.4 is 0 Å². The van der Waals surface area contributed by atoms with Gasteiger partial charge >= 0.3 is 5.97 Å². The summed E-state index contributed by atoms with van der Waals surface area (Å²) in [5, 5.41) is 0. The molecule has 0 bridgehead atoms. The van der Waals surface area contributed by atoms with Crippen molar-refractivity contribution in [3.8, 4) is 11.1 Å². The van der Waals surface area contributed by atoms with Gasteiger partial charge in [-0.25, -0.2) is 4.79 Å². The van der Waals surface area contributed by atoms with Crippen LogP contribution in [0.3, 0.4) is 0 Å². The average molecular weight is 277 g/mol. The van der Waals surface area contributed by atoms with Gasteiger partial charge in [0, 0.05) is 6.20 Å². The van der Waals surface area contributed by atoms with E-state index in [0.29, 0.717) is 5.69 Å². The molecule has 104 valence electrons. The zero-order valence-electron chi connectivity index (χ0n) is 11.5. The smallest absolute Gasteiger partial charge is 0.355 e. The van der Waals surface area contributed by atoms with Gasteiger partial charge in [-0.05, 0) is 28.8 Å². The molecule has 0 radical (unpaired) electrons. The number of H-pyrrole nitrogens is 1.